The van der Waals surface area contributed by atoms with E-state index >= 15 is 0 Å². The molecule has 0 unspecified atom stereocenters. The summed E-state index contributed by atoms with van der Waals surface area (Å²) in [5, 5.41) is 3.49. The van der Waals surface area contributed by atoms with E-state index in [2.05, 4.69) is 16.9 Å². The third-order valence-electron chi connectivity index (χ3n) is 2.84. The van der Waals surface area contributed by atoms with Crippen molar-refractivity contribution < 1.29 is 4.74 Å². The fourth-order valence-electron chi connectivity index (χ4n) is 1.64. The average molecular weight is 232 g/mol. The van der Waals surface area contributed by atoms with Gasteiger partial charge < -0.3 is 10.1 Å². The summed E-state index contributed by atoms with van der Waals surface area (Å²) in [5.41, 5.74) is 1.20. The van der Waals surface area contributed by atoms with E-state index in [1.54, 1.807) is 6.20 Å². The second kappa shape index (κ2) is 6.40. The largest absolute Gasteiger partial charge is 0.492 e. The Morgan fingerprint density at radius 3 is 3.18 bits per heavy atom. The molecule has 2 rings (SSSR count). The standard InChI is InChI=1S/C14H20N2O/c1-2-3-4-9-17-14-11-15-8-7-12(14)10-16-13-5-6-13/h2,7-8,11,13,16H,1,3-6,9-10H2. The van der Waals surface area contributed by atoms with Crippen molar-refractivity contribution in [3.05, 3.63) is 36.7 Å². The zero-order valence-electron chi connectivity index (χ0n) is 10.2. The first-order valence-electron chi connectivity index (χ1n) is 6.30. The van der Waals surface area contributed by atoms with Crippen LogP contribution >= 0.6 is 0 Å². The van der Waals surface area contributed by atoms with Crippen LogP contribution in [0.15, 0.2) is 31.1 Å². The maximum Gasteiger partial charge on any atom is 0.142 e. The van der Waals surface area contributed by atoms with Gasteiger partial charge in [0.2, 0.25) is 0 Å². The molecule has 1 heterocycles. The van der Waals surface area contributed by atoms with Crippen LogP contribution in [0.2, 0.25) is 0 Å². The van der Waals surface area contributed by atoms with E-state index in [9.17, 15) is 0 Å². The van der Waals surface area contributed by atoms with Crippen molar-refractivity contribution in [3.63, 3.8) is 0 Å². The van der Waals surface area contributed by atoms with Crippen LogP contribution in [0, 0.1) is 0 Å². The summed E-state index contributed by atoms with van der Waals surface area (Å²) in [7, 11) is 0. The van der Waals surface area contributed by atoms with Crippen LogP contribution in [0.1, 0.15) is 31.2 Å². The first kappa shape index (κ1) is 12.1. The Hall–Kier alpha value is -1.35. The van der Waals surface area contributed by atoms with Gasteiger partial charge in [-0.15, -0.1) is 6.58 Å². The summed E-state index contributed by atoms with van der Waals surface area (Å²) < 4.78 is 5.74. The van der Waals surface area contributed by atoms with Gasteiger partial charge in [0.1, 0.15) is 5.75 Å². The number of rotatable bonds is 8. The molecule has 0 amide bonds. The first-order chi connectivity index (χ1) is 8.40. The van der Waals surface area contributed by atoms with Crippen molar-refractivity contribution in [2.45, 2.75) is 38.3 Å². The Bertz CT molecular complexity index is 361. The molecule has 1 saturated carbocycles. The molecule has 0 atom stereocenters. The highest BCUT2D eigenvalue weighted by Crippen LogP contribution is 2.22. The predicted octanol–water partition coefficient (Wildman–Crippen LogP) is 2.68. The van der Waals surface area contributed by atoms with Crippen molar-refractivity contribution in [2.24, 2.45) is 0 Å². The normalized spacial score (nSPS) is 14.6. The number of nitrogens with one attached hydrogen (secondary N) is 1. The number of hydrogen-bond donors (Lipinski definition) is 1. The van der Waals surface area contributed by atoms with Gasteiger partial charge in [0.15, 0.2) is 0 Å². The molecule has 1 aliphatic carbocycles. The summed E-state index contributed by atoms with van der Waals surface area (Å²) >= 11 is 0. The maximum atomic E-state index is 5.74. The van der Waals surface area contributed by atoms with Gasteiger partial charge in [-0.2, -0.15) is 0 Å². The lowest BCUT2D eigenvalue weighted by atomic mass is 10.2. The van der Waals surface area contributed by atoms with Crippen LogP contribution in [0.4, 0.5) is 0 Å². The summed E-state index contributed by atoms with van der Waals surface area (Å²) in [6.45, 7) is 5.31. The Labute approximate surface area is 103 Å². The van der Waals surface area contributed by atoms with Crippen LogP contribution in [-0.2, 0) is 6.54 Å². The van der Waals surface area contributed by atoms with E-state index in [1.165, 1.54) is 18.4 Å². The van der Waals surface area contributed by atoms with Crippen LogP contribution < -0.4 is 10.1 Å². The van der Waals surface area contributed by atoms with E-state index in [0.29, 0.717) is 0 Å². The smallest absolute Gasteiger partial charge is 0.142 e. The predicted molar refractivity (Wildman–Crippen MR) is 69.0 cm³/mol. The number of aromatic nitrogens is 1. The average Bonchev–Trinajstić information content (AvgIpc) is 3.17. The third-order valence-corrected chi connectivity index (χ3v) is 2.84. The maximum absolute atomic E-state index is 5.74. The molecule has 1 aliphatic rings. The molecule has 1 aromatic heterocycles. The quantitative estimate of drug-likeness (QED) is 0.552. The minimum atomic E-state index is 0.719. The first-order valence-corrected chi connectivity index (χ1v) is 6.30. The van der Waals surface area contributed by atoms with E-state index in [-0.39, 0.29) is 0 Å². The zero-order valence-corrected chi connectivity index (χ0v) is 10.2. The van der Waals surface area contributed by atoms with Gasteiger partial charge in [0.05, 0.1) is 12.8 Å². The van der Waals surface area contributed by atoms with Crippen molar-refractivity contribution in [1.82, 2.24) is 10.3 Å². The van der Waals surface area contributed by atoms with Crippen LogP contribution in [0.3, 0.4) is 0 Å². The zero-order chi connectivity index (χ0) is 11.9. The number of ether oxygens (including phenoxy) is 1. The van der Waals surface area contributed by atoms with Gasteiger partial charge in [-0.05, 0) is 31.7 Å². The second-order valence-corrected chi connectivity index (χ2v) is 4.42. The Morgan fingerprint density at radius 2 is 2.41 bits per heavy atom. The lowest BCUT2D eigenvalue weighted by Crippen LogP contribution is -2.16. The highest BCUT2D eigenvalue weighted by molar-refractivity contribution is 5.29. The van der Waals surface area contributed by atoms with Crippen molar-refractivity contribution in [3.8, 4) is 5.75 Å². The van der Waals surface area contributed by atoms with Crippen molar-refractivity contribution in [1.29, 1.82) is 0 Å². The van der Waals surface area contributed by atoms with Gasteiger partial charge in [0.25, 0.3) is 0 Å². The fraction of sp³-hybridized carbons (Fsp3) is 0.500. The van der Waals surface area contributed by atoms with Crippen molar-refractivity contribution >= 4 is 0 Å². The van der Waals surface area contributed by atoms with Gasteiger partial charge in [-0.25, -0.2) is 0 Å². The molecule has 1 N–H and O–H groups in total. The van der Waals surface area contributed by atoms with Crippen molar-refractivity contribution in [2.75, 3.05) is 6.61 Å². The summed E-state index contributed by atoms with van der Waals surface area (Å²) in [4.78, 5) is 4.11. The molecule has 3 nitrogen and oxygen atoms in total. The molecule has 1 fully saturated rings. The Morgan fingerprint density at radius 1 is 1.53 bits per heavy atom. The lowest BCUT2D eigenvalue weighted by molar-refractivity contribution is 0.307. The summed E-state index contributed by atoms with van der Waals surface area (Å²) in [6, 6.07) is 2.75. The Kier molecular flexibility index (Phi) is 4.56. The monoisotopic (exact) mass is 232 g/mol. The molecule has 3 heteroatoms. The molecule has 0 saturated heterocycles. The van der Waals surface area contributed by atoms with Gasteiger partial charge >= 0.3 is 0 Å². The molecule has 92 valence electrons. The second-order valence-electron chi connectivity index (χ2n) is 4.42. The topological polar surface area (TPSA) is 34.1 Å². The van der Waals surface area contributed by atoms with Crippen LogP contribution in [0.5, 0.6) is 5.75 Å². The van der Waals surface area contributed by atoms with Gasteiger partial charge in [-0.1, -0.05) is 6.08 Å². The van der Waals surface area contributed by atoms with E-state index in [0.717, 1.165) is 37.8 Å². The summed E-state index contributed by atoms with van der Waals surface area (Å²) in [6.07, 6.45) is 10.2. The third kappa shape index (κ3) is 4.19. The van der Waals surface area contributed by atoms with Crippen LogP contribution in [-0.4, -0.2) is 17.6 Å². The van der Waals surface area contributed by atoms with E-state index in [4.69, 9.17) is 4.74 Å². The molecular formula is C14H20N2O. The van der Waals surface area contributed by atoms with E-state index in [1.807, 2.05) is 18.3 Å². The number of allylic oxidation sites excluding steroid dienone is 1. The molecule has 0 aliphatic heterocycles. The number of nitrogens with zero attached hydrogens (tertiary/aromatic N) is 1. The lowest BCUT2D eigenvalue weighted by Gasteiger charge is -2.11. The highest BCUT2D eigenvalue weighted by Gasteiger charge is 2.20. The van der Waals surface area contributed by atoms with Gasteiger partial charge in [0, 0.05) is 24.3 Å². The minimum Gasteiger partial charge on any atom is -0.492 e. The highest BCUT2D eigenvalue weighted by atomic mass is 16.5. The SMILES string of the molecule is C=CCCCOc1cnccc1CNC1CC1. The minimum absolute atomic E-state index is 0.719. The fourth-order valence-corrected chi connectivity index (χ4v) is 1.64. The van der Waals surface area contributed by atoms with Crippen LogP contribution in [0.25, 0.3) is 0 Å². The number of unbranched alkanes of at least 4 members (excludes halogenated alkanes) is 1. The number of pyridine rings is 1. The Balaban J connectivity index is 1.82. The molecule has 0 radical (unpaired) electrons. The molecule has 0 aromatic carbocycles. The molecule has 0 bridgehead atoms. The molecule has 1 aromatic rings. The molecule has 17 heavy (non-hydrogen) atoms. The molecule has 0 spiro atoms. The van der Waals surface area contributed by atoms with E-state index < -0.39 is 0 Å². The summed E-state index contributed by atoms with van der Waals surface area (Å²) in [5.74, 6) is 0.907. The molecular weight excluding hydrogens is 212 g/mol. The van der Waals surface area contributed by atoms with Gasteiger partial charge in [-0.3, -0.25) is 4.98 Å². The number of hydrogen-bond acceptors (Lipinski definition) is 3.